The third kappa shape index (κ3) is 4.57. The average molecular weight is 485 g/mol. The van der Waals surface area contributed by atoms with Crippen molar-refractivity contribution in [2.45, 2.75) is 62.9 Å². The predicted octanol–water partition coefficient (Wildman–Crippen LogP) is 4.84. The summed E-state index contributed by atoms with van der Waals surface area (Å²) in [5.74, 6) is 0. The number of para-hydroxylation sites is 1. The Kier molecular flexibility index (Phi) is 6.25. The molecule has 182 valence electrons. The first kappa shape index (κ1) is 24.3. The zero-order valence-corrected chi connectivity index (χ0v) is 21.1. The number of aromatic nitrogens is 1. The van der Waals surface area contributed by atoms with Gasteiger partial charge in [0.2, 0.25) is 0 Å². The first-order valence-corrected chi connectivity index (χ1v) is 13.1. The fourth-order valence-electron chi connectivity index (χ4n) is 4.26. The fraction of sp³-hybridized carbons (Fsp3) is 0.423. The third-order valence-corrected chi connectivity index (χ3v) is 8.14. The molecule has 3 aromatic rings. The molecule has 1 aliphatic heterocycles. The average Bonchev–Trinajstić information content (AvgIpc) is 3.35. The highest BCUT2D eigenvalue weighted by Crippen LogP contribution is 2.38. The van der Waals surface area contributed by atoms with Gasteiger partial charge in [0, 0.05) is 29.7 Å². The maximum absolute atomic E-state index is 13.4. The van der Waals surface area contributed by atoms with E-state index in [2.05, 4.69) is 0 Å². The monoisotopic (exact) mass is 484 g/mol. The Morgan fingerprint density at radius 3 is 2.44 bits per heavy atom. The van der Waals surface area contributed by atoms with E-state index in [9.17, 15) is 18.3 Å². The molecule has 0 bridgehead atoms. The van der Waals surface area contributed by atoms with Crippen molar-refractivity contribution in [1.29, 1.82) is 0 Å². The zero-order valence-electron chi connectivity index (χ0n) is 20.3. The van der Waals surface area contributed by atoms with Crippen molar-refractivity contribution in [1.82, 2.24) is 4.57 Å². The minimum absolute atomic E-state index is 0.196. The quantitative estimate of drug-likeness (QED) is 0.570. The van der Waals surface area contributed by atoms with Crippen LogP contribution in [0.2, 0.25) is 0 Å². The van der Waals surface area contributed by atoms with E-state index in [-0.39, 0.29) is 4.90 Å². The Morgan fingerprint density at radius 2 is 1.82 bits per heavy atom. The van der Waals surface area contributed by atoms with E-state index in [0.717, 1.165) is 11.1 Å². The van der Waals surface area contributed by atoms with Gasteiger partial charge in [-0.25, -0.2) is 17.8 Å². The van der Waals surface area contributed by atoms with Gasteiger partial charge in [-0.1, -0.05) is 18.2 Å². The van der Waals surface area contributed by atoms with E-state index < -0.39 is 32.9 Å². The van der Waals surface area contributed by atoms with E-state index in [1.54, 1.807) is 32.0 Å². The number of hydrogen-bond acceptors (Lipinski definition) is 6. The number of carbonyl (C=O) groups excluding carboxylic acids is 1. The van der Waals surface area contributed by atoms with Gasteiger partial charge in [0.25, 0.3) is 0 Å². The van der Waals surface area contributed by atoms with Crippen LogP contribution in [0.15, 0.2) is 53.4 Å². The summed E-state index contributed by atoms with van der Waals surface area (Å²) in [7, 11) is -3.54. The molecule has 0 radical (unpaired) electrons. The molecule has 1 saturated heterocycles. The van der Waals surface area contributed by atoms with Gasteiger partial charge in [0.1, 0.15) is 5.60 Å². The predicted molar refractivity (Wildman–Crippen MR) is 134 cm³/mol. The molecule has 1 aliphatic rings. The molecule has 0 spiro atoms. The molecule has 7 nitrogen and oxygen atoms in total. The van der Waals surface area contributed by atoms with Crippen LogP contribution in [-0.4, -0.2) is 54.2 Å². The maximum Gasteiger partial charge on any atom is 0.419 e. The number of sulfone groups is 1. The Balaban J connectivity index is 1.99. The van der Waals surface area contributed by atoms with Crippen molar-refractivity contribution in [3.63, 3.8) is 0 Å². The van der Waals surface area contributed by atoms with E-state index >= 15 is 0 Å². The molecule has 2 heterocycles. The van der Waals surface area contributed by atoms with Gasteiger partial charge < -0.3 is 14.7 Å². The number of anilines is 1. The Bertz CT molecular complexity index is 1330. The second kappa shape index (κ2) is 8.74. The summed E-state index contributed by atoms with van der Waals surface area (Å²) in [5, 5.41) is 10.4. The van der Waals surface area contributed by atoms with Crippen LogP contribution in [0, 0.1) is 0 Å². The number of ether oxygens (including phenoxy) is 1. The second-order valence-electron chi connectivity index (χ2n) is 10.1. The van der Waals surface area contributed by atoms with Crippen LogP contribution in [0.5, 0.6) is 0 Å². The van der Waals surface area contributed by atoms with Crippen LogP contribution in [-0.2, 0) is 14.6 Å². The van der Waals surface area contributed by atoms with Crippen molar-refractivity contribution < 1.29 is 23.1 Å². The molecule has 1 aromatic heterocycles. The molecule has 0 amide bonds. The molecular weight excluding hydrogens is 452 g/mol. The lowest BCUT2D eigenvalue weighted by atomic mass is 10.1. The number of aliphatic hydroxyl groups excluding tert-OH is 1. The topological polar surface area (TPSA) is 88.8 Å². The molecule has 8 heteroatoms. The minimum Gasteiger partial charge on any atom is -0.443 e. The van der Waals surface area contributed by atoms with Crippen molar-refractivity contribution in [3.05, 3.63) is 48.5 Å². The van der Waals surface area contributed by atoms with Crippen LogP contribution < -0.4 is 4.90 Å². The van der Waals surface area contributed by atoms with Crippen LogP contribution in [0.25, 0.3) is 22.2 Å². The number of benzene rings is 2. The van der Waals surface area contributed by atoms with E-state index in [4.69, 9.17) is 4.74 Å². The van der Waals surface area contributed by atoms with E-state index in [1.807, 2.05) is 56.0 Å². The normalized spacial score (nSPS) is 17.0. The number of fused-ring (bicyclic) bond motifs is 1. The van der Waals surface area contributed by atoms with Crippen LogP contribution in [0.3, 0.4) is 0 Å². The highest BCUT2D eigenvalue weighted by atomic mass is 32.2. The zero-order chi connectivity index (χ0) is 24.8. The van der Waals surface area contributed by atoms with Crippen LogP contribution in [0.4, 0.5) is 10.5 Å². The first-order chi connectivity index (χ1) is 15.9. The van der Waals surface area contributed by atoms with Gasteiger partial charge in [0.05, 0.1) is 27.5 Å². The third-order valence-electron chi connectivity index (χ3n) is 5.98. The van der Waals surface area contributed by atoms with Crippen molar-refractivity contribution in [3.8, 4) is 11.3 Å². The standard InChI is InChI=1S/C26H32N2O5S/c1-17(2)34(31,32)20-10-11-23(27-13-12-19(29)16-27)21(15-20)24-14-18-8-6-7-9-22(18)28(24)25(30)33-26(3,4)5/h6-11,14-15,17,19,29H,12-13,16H2,1-5H3/t19-/m0/s1. The molecule has 0 aliphatic carbocycles. The Morgan fingerprint density at radius 1 is 1.12 bits per heavy atom. The molecule has 0 unspecified atom stereocenters. The van der Waals surface area contributed by atoms with E-state index in [1.165, 1.54) is 4.57 Å². The van der Waals surface area contributed by atoms with Gasteiger partial charge in [-0.05, 0) is 71.4 Å². The van der Waals surface area contributed by atoms with Crippen LogP contribution >= 0.6 is 0 Å². The first-order valence-electron chi connectivity index (χ1n) is 11.5. The summed E-state index contributed by atoms with van der Waals surface area (Å²) in [6.45, 7) is 9.80. The number of nitrogens with zero attached hydrogens (tertiary/aromatic N) is 2. The molecule has 1 atom stereocenters. The smallest absolute Gasteiger partial charge is 0.419 e. The molecular formula is C26H32N2O5S. The summed E-state index contributed by atoms with van der Waals surface area (Å²) in [4.78, 5) is 15.6. The highest BCUT2D eigenvalue weighted by molar-refractivity contribution is 7.92. The fourth-order valence-corrected chi connectivity index (χ4v) is 5.35. The maximum atomic E-state index is 13.4. The molecule has 1 N–H and O–H groups in total. The van der Waals surface area contributed by atoms with E-state index in [0.29, 0.717) is 36.3 Å². The largest absolute Gasteiger partial charge is 0.443 e. The highest BCUT2D eigenvalue weighted by Gasteiger charge is 2.29. The Labute approximate surface area is 200 Å². The summed E-state index contributed by atoms with van der Waals surface area (Å²) in [6, 6.07) is 14.4. The van der Waals surface area contributed by atoms with Crippen LogP contribution in [0.1, 0.15) is 41.0 Å². The Hall–Kier alpha value is -2.84. The second-order valence-corrected chi connectivity index (χ2v) is 12.6. The summed E-state index contributed by atoms with van der Waals surface area (Å²) >= 11 is 0. The molecule has 34 heavy (non-hydrogen) atoms. The molecule has 4 rings (SSSR count). The number of β-amino-alcohol motifs (C(OH)–C–C–N with tert-alkyl or cyclic N) is 1. The van der Waals surface area contributed by atoms with Crippen molar-refractivity contribution in [2.24, 2.45) is 0 Å². The molecule has 0 saturated carbocycles. The van der Waals surface area contributed by atoms with Gasteiger partial charge in [-0.15, -0.1) is 0 Å². The van der Waals surface area contributed by atoms with Gasteiger partial charge in [0.15, 0.2) is 9.84 Å². The number of rotatable bonds is 4. The summed E-state index contributed by atoms with van der Waals surface area (Å²) in [6.07, 6.45) is -0.363. The number of hydrogen-bond donors (Lipinski definition) is 1. The van der Waals surface area contributed by atoms with Gasteiger partial charge >= 0.3 is 6.09 Å². The summed E-state index contributed by atoms with van der Waals surface area (Å²) < 4.78 is 33.3. The van der Waals surface area contributed by atoms with Gasteiger partial charge in [-0.3, -0.25) is 0 Å². The lowest BCUT2D eigenvalue weighted by Crippen LogP contribution is -2.28. The minimum atomic E-state index is -3.54. The van der Waals surface area contributed by atoms with Gasteiger partial charge in [-0.2, -0.15) is 0 Å². The number of carbonyl (C=O) groups is 1. The van der Waals surface area contributed by atoms with Crippen molar-refractivity contribution >= 4 is 32.5 Å². The number of aliphatic hydroxyl groups is 1. The lowest BCUT2D eigenvalue weighted by Gasteiger charge is -2.24. The summed E-state index contributed by atoms with van der Waals surface area (Å²) in [5.41, 5.74) is 1.90. The molecule has 2 aromatic carbocycles. The molecule has 1 fully saturated rings. The SMILES string of the molecule is CC(C)S(=O)(=O)c1ccc(N2CC[C@H](O)C2)c(-c2cc3ccccc3n2C(=O)OC(C)(C)C)c1. The van der Waals surface area contributed by atoms with Crippen molar-refractivity contribution in [2.75, 3.05) is 18.0 Å². The lowest BCUT2D eigenvalue weighted by molar-refractivity contribution is 0.0547.